The third-order valence-corrected chi connectivity index (χ3v) is 3.91. The molecule has 0 bridgehead atoms. The first-order chi connectivity index (χ1) is 9.60. The van der Waals surface area contributed by atoms with E-state index in [0.717, 1.165) is 10.5 Å². The fraction of sp³-hybridized carbons (Fsp3) is 0.188. The molecular formula is C16H15ClO2S. The quantitative estimate of drug-likeness (QED) is 0.595. The predicted octanol–water partition coefficient (Wildman–Crippen LogP) is 4.63. The van der Waals surface area contributed by atoms with Crippen molar-refractivity contribution in [2.75, 3.05) is 12.9 Å². The minimum absolute atomic E-state index is 0.0121. The summed E-state index contributed by atoms with van der Waals surface area (Å²) in [7, 11) is 0. The number of Topliss-reactive ketones (excluding diaryl/α,β-unsaturated/α-hetero) is 1. The number of rotatable bonds is 5. The lowest BCUT2D eigenvalue weighted by atomic mass is 10.1. The second kappa shape index (κ2) is 6.82. The summed E-state index contributed by atoms with van der Waals surface area (Å²) in [6, 6.07) is 13.0. The van der Waals surface area contributed by atoms with E-state index in [1.807, 2.05) is 49.6 Å². The molecule has 2 aromatic carbocycles. The summed E-state index contributed by atoms with van der Waals surface area (Å²) < 4.78 is 5.50. The van der Waals surface area contributed by atoms with Crippen molar-refractivity contribution in [2.45, 2.75) is 11.8 Å². The Morgan fingerprint density at radius 1 is 1.20 bits per heavy atom. The number of benzene rings is 2. The van der Waals surface area contributed by atoms with E-state index in [4.69, 9.17) is 16.3 Å². The molecule has 4 heteroatoms. The van der Waals surface area contributed by atoms with Gasteiger partial charge in [-0.3, -0.25) is 4.79 Å². The minimum Gasteiger partial charge on any atom is -0.484 e. The largest absolute Gasteiger partial charge is 0.484 e. The Morgan fingerprint density at radius 3 is 2.55 bits per heavy atom. The molecular weight excluding hydrogens is 292 g/mol. The zero-order chi connectivity index (χ0) is 14.5. The van der Waals surface area contributed by atoms with E-state index in [1.165, 1.54) is 0 Å². The molecule has 0 aromatic heterocycles. The fourth-order valence-corrected chi connectivity index (χ4v) is 2.31. The summed E-state index contributed by atoms with van der Waals surface area (Å²) in [6.45, 7) is 1.94. The minimum atomic E-state index is -0.0600. The molecule has 0 spiro atoms. The van der Waals surface area contributed by atoms with E-state index in [2.05, 4.69) is 0 Å². The van der Waals surface area contributed by atoms with Crippen LogP contribution in [-0.4, -0.2) is 18.6 Å². The van der Waals surface area contributed by atoms with Crippen LogP contribution in [0.15, 0.2) is 47.4 Å². The number of carbonyl (C=O) groups excluding carboxylic acids is 1. The Kier molecular flexibility index (Phi) is 5.10. The topological polar surface area (TPSA) is 26.3 Å². The molecule has 0 saturated carbocycles. The lowest BCUT2D eigenvalue weighted by molar-refractivity contribution is 0.0921. The van der Waals surface area contributed by atoms with Crippen LogP contribution >= 0.6 is 23.4 Å². The molecule has 0 saturated heterocycles. The molecule has 0 N–H and O–H groups in total. The smallest absolute Gasteiger partial charge is 0.200 e. The number of halogens is 1. The Balaban J connectivity index is 2.02. The molecule has 0 heterocycles. The van der Waals surface area contributed by atoms with E-state index in [9.17, 15) is 4.79 Å². The van der Waals surface area contributed by atoms with Gasteiger partial charge in [0, 0.05) is 10.5 Å². The van der Waals surface area contributed by atoms with Crippen LogP contribution in [0.25, 0.3) is 0 Å². The molecule has 0 amide bonds. The van der Waals surface area contributed by atoms with Gasteiger partial charge >= 0.3 is 0 Å². The molecule has 0 unspecified atom stereocenters. The van der Waals surface area contributed by atoms with Crippen LogP contribution in [0.5, 0.6) is 5.75 Å². The van der Waals surface area contributed by atoms with Crippen LogP contribution in [0.2, 0.25) is 5.02 Å². The summed E-state index contributed by atoms with van der Waals surface area (Å²) in [5.41, 5.74) is 1.69. The highest BCUT2D eigenvalue weighted by Gasteiger charge is 2.09. The van der Waals surface area contributed by atoms with Crippen LogP contribution in [0.4, 0.5) is 0 Å². The zero-order valence-corrected chi connectivity index (χ0v) is 12.9. The second-order valence-corrected chi connectivity index (χ2v) is 5.66. The van der Waals surface area contributed by atoms with Gasteiger partial charge in [-0.1, -0.05) is 29.8 Å². The van der Waals surface area contributed by atoms with Crippen LogP contribution in [0.1, 0.15) is 15.9 Å². The first-order valence-corrected chi connectivity index (χ1v) is 7.76. The molecule has 2 rings (SSSR count). The highest BCUT2D eigenvalue weighted by molar-refractivity contribution is 7.98. The van der Waals surface area contributed by atoms with Gasteiger partial charge in [-0.05, 0) is 43.0 Å². The lowest BCUT2D eigenvalue weighted by Crippen LogP contribution is -2.11. The van der Waals surface area contributed by atoms with Crippen molar-refractivity contribution in [2.24, 2.45) is 0 Å². The maximum Gasteiger partial charge on any atom is 0.200 e. The van der Waals surface area contributed by atoms with E-state index >= 15 is 0 Å². The highest BCUT2D eigenvalue weighted by atomic mass is 35.5. The van der Waals surface area contributed by atoms with Crippen LogP contribution in [-0.2, 0) is 0 Å². The third kappa shape index (κ3) is 3.78. The average Bonchev–Trinajstić information content (AvgIpc) is 2.48. The molecule has 104 valence electrons. The van der Waals surface area contributed by atoms with Gasteiger partial charge in [0.15, 0.2) is 12.4 Å². The molecule has 2 aromatic rings. The highest BCUT2D eigenvalue weighted by Crippen LogP contribution is 2.25. The van der Waals surface area contributed by atoms with Crippen molar-refractivity contribution in [3.8, 4) is 5.75 Å². The maximum atomic E-state index is 12.0. The number of hydrogen-bond acceptors (Lipinski definition) is 3. The Labute approximate surface area is 128 Å². The number of ketones is 1. The average molecular weight is 307 g/mol. The van der Waals surface area contributed by atoms with Crippen molar-refractivity contribution in [3.63, 3.8) is 0 Å². The van der Waals surface area contributed by atoms with Gasteiger partial charge < -0.3 is 4.74 Å². The van der Waals surface area contributed by atoms with Crippen LogP contribution < -0.4 is 4.74 Å². The standard InChI is InChI=1S/C16H15ClO2S/c1-11-3-8-14(17)16(9-11)19-10-15(18)12-4-6-13(20-2)7-5-12/h3-9H,10H2,1-2H3. The summed E-state index contributed by atoms with van der Waals surface area (Å²) >= 11 is 7.67. The molecule has 0 aliphatic rings. The van der Waals surface area contributed by atoms with Crippen molar-refractivity contribution in [3.05, 3.63) is 58.6 Å². The molecule has 20 heavy (non-hydrogen) atoms. The molecule has 2 nitrogen and oxygen atoms in total. The Hall–Kier alpha value is -1.45. The van der Waals surface area contributed by atoms with Crippen molar-refractivity contribution < 1.29 is 9.53 Å². The van der Waals surface area contributed by atoms with Gasteiger partial charge in [0.25, 0.3) is 0 Å². The van der Waals surface area contributed by atoms with Crippen LogP contribution in [0, 0.1) is 6.92 Å². The number of ether oxygens (including phenoxy) is 1. The first kappa shape index (κ1) is 14.9. The SMILES string of the molecule is CSc1ccc(C(=O)COc2cc(C)ccc2Cl)cc1. The van der Waals surface area contributed by atoms with E-state index < -0.39 is 0 Å². The summed E-state index contributed by atoms with van der Waals surface area (Å²) in [6.07, 6.45) is 2.00. The molecule has 0 aliphatic carbocycles. The van der Waals surface area contributed by atoms with E-state index in [-0.39, 0.29) is 12.4 Å². The van der Waals surface area contributed by atoms with Gasteiger partial charge in [0.2, 0.25) is 0 Å². The second-order valence-electron chi connectivity index (χ2n) is 4.37. The predicted molar refractivity (Wildman–Crippen MR) is 84.2 cm³/mol. The maximum absolute atomic E-state index is 12.0. The first-order valence-electron chi connectivity index (χ1n) is 6.16. The number of carbonyl (C=O) groups is 1. The molecule has 0 fully saturated rings. The normalized spacial score (nSPS) is 10.3. The molecule has 0 radical (unpaired) electrons. The summed E-state index contributed by atoms with van der Waals surface area (Å²) in [5.74, 6) is 0.482. The van der Waals surface area contributed by atoms with Gasteiger partial charge in [0.1, 0.15) is 5.75 Å². The van der Waals surface area contributed by atoms with Crippen LogP contribution in [0.3, 0.4) is 0 Å². The lowest BCUT2D eigenvalue weighted by Gasteiger charge is -2.08. The zero-order valence-electron chi connectivity index (χ0n) is 11.4. The van der Waals surface area contributed by atoms with Crippen molar-refractivity contribution >= 4 is 29.1 Å². The summed E-state index contributed by atoms with van der Waals surface area (Å²) in [4.78, 5) is 13.2. The summed E-state index contributed by atoms with van der Waals surface area (Å²) in [5, 5.41) is 0.515. The van der Waals surface area contributed by atoms with Gasteiger partial charge in [-0.25, -0.2) is 0 Å². The molecule has 0 aliphatic heterocycles. The third-order valence-electron chi connectivity index (χ3n) is 2.86. The van der Waals surface area contributed by atoms with E-state index in [1.54, 1.807) is 17.8 Å². The molecule has 0 atom stereocenters. The fourth-order valence-electron chi connectivity index (χ4n) is 1.72. The van der Waals surface area contributed by atoms with Gasteiger partial charge in [-0.2, -0.15) is 0 Å². The Morgan fingerprint density at radius 2 is 1.90 bits per heavy atom. The van der Waals surface area contributed by atoms with Crippen molar-refractivity contribution in [1.82, 2.24) is 0 Å². The van der Waals surface area contributed by atoms with Gasteiger partial charge in [-0.15, -0.1) is 11.8 Å². The Bertz CT molecular complexity index is 608. The number of hydrogen-bond donors (Lipinski definition) is 0. The van der Waals surface area contributed by atoms with Gasteiger partial charge in [0.05, 0.1) is 5.02 Å². The van der Waals surface area contributed by atoms with E-state index in [0.29, 0.717) is 16.3 Å². The number of aryl methyl sites for hydroxylation is 1. The monoisotopic (exact) mass is 306 g/mol. The van der Waals surface area contributed by atoms with Crippen molar-refractivity contribution in [1.29, 1.82) is 0 Å². The number of thioether (sulfide) groups is 1.